The number of rotatable bonds is 5. The van der Waals surface area contributed by atoms with Gasteiger partial charge in [-0.3, -0.25) is 14.4 Å². The highest BCUT2D eigenvalue weighted by molar-refractivity contribution is 14.1. The molecule has 1 aromatic rings. The molecule has 0 aliphatic carbocycles. The van der Waals surface area contributed by atoms with Gasteiger partial charge >= 0.3 is 0 Å². The number of carbonyl (C=O) groups is 3. The Kier molecular flexibility index (Phi) is 5.85. The molecule has 0 aliphatic rings. The van der Waals surface area contributed by atoms with E-state index in [1.54, 1.807) is 24.3 Å². The molecule has 0 bridgehead atoms. The van der Waals surface area contributed by atoms with Crippen LogP contribution in [0.4, 0.5) is 0 Å². The molecule has 0 aromatic heterocycles. The molecule has 2 amide bonds. The second-order valence-electron chi connectivity index (χ2n) is 4.60. The van der Waals surface area contributed by atoms with Gasteiger partial charge in [0.1, 0.15) is 6.61 Å². The van der Waals surface area contributed by atoms with Crippen LogP contribution in [0.15, 0.2) is 24.3 Å². The molecule has 114 valence electrons. The van der Waals surface area contributed by atoms with Gasteiger partial charge in [0.15, 0.2) is 11.3 Å². The van der Waals surface area contributed by atoms with Crippen LogP contribution in [0.2, 0.25) is 0 Å². The van der Waals surface area contributed by atoms with Gasteiger partial charge in [0, 0.05) is 23.2 Å². The van der Waals surface area contributed by atoms with Gasteiger partial charge in [-0.25, -0.2) is 0 Å². The van der Waals surface area contributed by atoms with Crippen LogP contribution in [-0.2, 0) is 9.59 Å². The van der Waals surface area contributed by atoms with Gasteiger partial charge in [-0.2, -0.15) is 0 Å². The van der Waals surface area contributed by atoms with Crippen LogP contribution in [0.5, 0.6) is 0 Å². The first-order valence-corrected chi connectivity index (χ1v) is 7.27. The Morgan fingerprint density at radius 3 is 2.24 bits per heavy atom. The first-order valence-electron chi connectivity index (χ1n) is 6.19. The van der Waals surface area contributed by atoms with E-state index in [9.17, 15) is 14.4 Å². The Bertz CT molecular complexity index is 541. The van der Waals surface area contributed by atoms with E-state index in [4.69, 9.17) is 5.11 Å². The number of carbonyl (C=O) groups excluding carboxylic acids is 3. The van der Waals surface area contributed by atoms with E-state index in [1.165, 1.54) is 21.0 Å². The van der Waals surface area contributed by atoms with Crippen molar-refractivity contribution >= 4 is 40.2 Å². The molecule has 21 heavy (non-hydrogen) atoms. The summed E-state index contributed by atoms with van der Waals surface area (Å²) >= 11 is 2.11. The highest BCUT2D eigenvalue weighted by Gasteiger charge is 2.46. The van der Waals surface area contributed by atoms with Gasteiger partial charge in [0.05, 0.1) is 0 Å². The summed E-state index contributed by atoms with van der Waals surface area (Å²) < 4.78 is 0.965. The number of aliphatic hydroxyl groups is 1. The minimum absolute atomic E-state index is 0.360. The highest BCUT2D eigenvalue weighted by Crippen LogP contribution is 2.19. The molecule has 1 aromatic carbocycles. The Morgan fingerprint density at radius 1 is 1.29 bits per heavy atom. The SMILES string of the molecule is CNC(=O)[C@@](C)(C(=O)CO)N(C)C(=O)c1ccc(I)cc1. The second-order valence-corrected chi connectivity index (χ2v) is 5.85. The van der Waals surface area contributed by atoms with Crippen molar-refractivity contribution in [1.82, 2.24) is 10.2 Å². The van der Waals surface area contributed by atoms with E-state index in [1.807, 2.05) is 0 Å². The van der Waals surface area contributed by atoms with Gasteiger partial charge in [0.25, 0.3) is 11.8 Å². The average molecular weight is 404 g/mol. The third-order valence-electron chi connectivity index (χ3n) is 3.42. The summed E-state index contributed by atoms with van der Waals surface area (Å²) in [5.41, 5.74) is -1.40. The van der Waals surface area contributed by atoms with Gasteiger partial charge in [-0.1, -0.05) is 0 Å². The first kappa shape index (κ1) is 17.6. The van der Waals surface area contributed by atoms with Crippen molar-refractivity contribution in [2.75, 3.05) is 20.7 Å². The van der Waals surface area contributed by atoms with Gasteiger partial charge in [-0.05, 0) is 53.8 Å². The maximum absolute atomic E-state index is 12.5. The predicted molar refractivity (Wildman–Crippen MR) is 85.8 cm³/mol. The summed E-state index contributed by atoms with van der Waals surface area (Å²) in [6.45, 7) is 0.489. The number of halogens is 1. The fourth-order valence-electron chi connectivity index (χ4n) is 1.85. The molecule has 0 saturated carbocycles. The molecule has 0 spiro atoms. The first-order chi connectivity index (χ1) is 9.78. The summed E-state index contributed by atoms with van der Waals surface area (Å²) in [5, 5.41) is 11.4. The monoisotopic (exact) mass is 404 g/mol. The zero-order chi connectivity index (χ0) is 16.2. The molecular formula is C14H17IN2O4. The quantitative estimate of drug-likeness (QED) is 0.551. The Labute approximate surface area is 136 Å². The molecule has 1 rings (SSSR count). The van der Waals surface area contributed by atoms with Crippen molar-refractivity contribution in [2.24, 2.45) is 0 Å². The number of hydrogen-bond acceptors (Lipinski definition) is 4. The van der Waals surface area contributed by atoms with Crippen LogP contribution < -0.4 is 5.32 Å². The van der Waals surface area contributed by atoms with Crippen molar-refractivity contribution in [3.63, 3.8) is 0 Å². The number of benzene rings is 1. The molecule has 0 radical (unpaired) electrons. The molecule has 0 fully saturated rings. The smallest absolute Gasteiger partial charge is 0.254 e. The third kappa shape index (κ3) is 3.41. The van der Waals surface area contributed by atoms with Crippen molar-refractivity contribution in [1.29, 1.82) is 0 Å². The number of hydrogen-bond donors (Lipinski definition) is 2. The molecule has 0 unspecified atom stereocenters. The van der Waals surface area contributed by atoms with Crippen LogP contribution >= 0.6 is 22.6 Å². The number of amides is 2. The number of aliphatic hydroxyl groups excluding tert-OH is 1. The Hall–Kier alpha value is -1.48. The lowest BCUT2D eigenvalue weighted by atomic mass is 9.92. The average Bonchev–Trinajstić information content (AvgIpc) is 2.51. The van der Waals surface area contributed by atoms with E-state index >= 15 is 0 Å². The van der Waals surface area contributed by atoms with Crippen molar-refractivity contribution in [3.05, 3.63) is 33.4 Å². The largest absolute Gasteiger partial charge is 0.388 e. The fraction of sp³-hybridized carbons (Fsp3) is 0.357. The van der Waals surface area contributed by atoms with Crippen molar-refractivity contribution < 1.29 is 19.5 Å². The molecule has 1 atom stereocenters. The zero-order valence-corrected chi connectivity index (χ0v) is 14.2. The van der Waals surface area contributed by atoms with E-state index in [-0.39, 0.29) is 0 Å². The minimum Gasteiger partial charge on any atom is -0.388 e. The summed E-state index contributed by atoms with van der Waals surface area (Å²) in [5.74, 6) is -1.87. The number of ketones is 1. The van der Waals surface area contributed by atoms with E-state index in [2.05, 4.69) is 27.9 Å². The van der Waals surface area contributed by atoms with E-state index < -0.39 is 29.7 Å². The number of nitrogens with one attached hydrogen (secondary N) is 1. The zero-order valence-electron chi connectivity index (χ0n) is 12.0. The molecule has 7 heteroatoms. The fourth-order valence-corrected chi connectivity index (χ4v) is 2.21. The number of likely N-dealkylation sites (N-methyl/N-ethyl adjacent to an activating group) is 2. The summed E-state index contributed by atoms with van der Waals surface area (Å²) in [4.78, 5) is 37.5. The number of Topliss-reactive ketones (excluding diaryl/α,β-unsaturated/α-hetero) is 1. The summed E-state index contributed by atoms with van der Waals surface area (Å²) in [6, 6.07) is 6.75. The predicted octanol–water partition coefficient (Wildman–Crippen LogP) is 0.429. The van der Waals surface area contributed by atoms with E-state index in [0.29, 0.717) is 5.56 Å². The molecule has 0 aliphatic heterocycles. The molecule has 2 N–H and O–H groups in total. The second kappa shape index (κ2) is 6.99. The third-order valence-corrected chi connectivity index (χ3v) is 4.14. The maximum Gasteiger partial charge on any atom is 0.254 e. The summed E-state index contributed by atoms with van der Waals surface area (Å²) in [6.07, 6.45) is 0. The Balaban J connectivity index is 3.19. The van der Waals surface area contributed by atoms with Gasteiger partial charge < -0.3 is 15.3 Å². The van der Waals surface area contributed by atoms with Crippen LogP contribution in [0.3, 0.4) is 0 Å². The van der Waals surface area contributed by atoms with Crippen LogP contribution in [0.25, 0.3) is 0 Å². The normalized spacial score (nSPS) is 13.2. The van der Waals surface area contributed by atoms with Crippen molar-refractivity contribution in [3.8, 4) is 0 Å². The van der Waals surface area contributed by atoms with E-state index in [0.717, 1.165) is 8.47 Å². The lowest BCUT2D eigenvalue weighted by Crippen LogP contribution is -2.62. The topological polar surface area (TPSA) is 86.7 Å². The lowest BCUT2D eigenvalue weighted by Gasteiger charge is -2.35. The van der Waals surface area contributed by atoms with Crippen LogP contribution in [0, 0.1) is 3.57 Å². The maximum atomic E-state index is 12.5. The minimum atomic E-state index is -1.76. The van der Waals surface area contributed by atoms with Gasteiger partial charge in [0.2, 0.25) is 0 Å². The molecule has 6 nitrogen and oxygen atoms in total. The standard InChI is InChI=1S/C14H17IN2O4/c1-14(11(19)8-18,13(21)16-2)17(3)12(20)9-4-6-10(15)7-5-9/h4-7,18H,8H2,1-3H3,(H,16,21)/t14-/m1/s1. The molecular weight excluding hydrogens is 387 g/mol. The van der Waals surface area contributed by atoms with Crippen LogP contribution in [-0.4, -0.2) is 53.8 Å². The van der Waals surface area contributed by atoms with Crippen LogP contribution in [0.1, 0.15) is 17.3 Å². The Morgan fingerprint density at radius 2 is 1.81 bits per heavy atom. The lowest BCUT2D eigenvalue weighted by molar-refractivity contribution is -0.143. The van der Waals surface area contributed by atoms with Gasteiger partial charge in [-0.15, -0.1) is 0 Å². The summed E-state index contributed by atoms with van der Waals surface area (Å²) in [7, 11) is 2.73. The molecule has 0 heterocycles. The highest BCUT2D eigenvalue weighted by atomic mass is 127. The molecule has 0 saturated heterocycles. The van der Waals surface area contributed by atoms with Crippen molar-refractivity contribution in [2.45, 2.75) is 12.5 Å². The number of nitrogens with zero attached hydrogens (tertiary/aromatic N) is 1.